The van der Waals surface area contributed by atoms with E-state index < -0.39 is 10.0 Å². The van der Waals surface area contributed by atoms with Gasteiger partial charge in [-0.1, -0.05) is 31.2 Å². The first kappa shape index (κ1) is 19.9. The largest absolute Gasteiger partial charge is 0.497 e. The van der Waals surface area contributed by atoms with E-state index in [1.807, 2.05) is 50.2 Å². The van der Waals surface area contributed by atoms with Crippen LogP contribution < -0.4 is 9.46 Å². The van der Waals surface area contributed by atoms with Crippen LogP contribution in [0.15, 0.2) is 53.4 Å². The van der Waals surface area contributed by atoms with Crippen molar-refractivity contribution in [2.45, 2.75) is 38.6 Å². The third kappa shape index (κ3) is 4.20. The van der Waals surface area contributed by atoms with E-state index in [1.165, 1.54) is 0 Å². The maximum absolute atomic E-state index is 12.8. The minimum absolute atomic E-state index is 0.240. The summed E-state index contributed by atoms with van der Waals surface area (Å²) in [6, 6.07) is 14.7. The Balaban J connectivity index is 1.86. The van der Waals surface area contributed by atoms with Crippen LogP contribution in [0.1, 0.15) is 29.4 Å². The van der Waals surface area contributed by atoms with Gasteiger partial charge >= 0.3 is 0 Å². The van der Waals surface area contributed by atoms with Gasteiger partial charge in [-0.05, 0) is 55.7 Å². The fraction of sp³-hybridized carbons (Fsp3) is 0.286. The van der Waals surface area contributed by atoms with E-state index >= 15 is 0 Å². The molecule has 0 atom stereocenters. The molecule has 0 aliphatic rings. The van der Waals surface area contributed by atoms with E-state index in [0.717, 1.165) is 29.0 Å². The topological polar surface area (TPSA) is 73.2 Å². The monoisotopic (exact) mass is 399 g/mol. The zero-order valence-electron chi connectivity index (χ0n) is 16.6. The van der Waals surface area contributed by atoms with Crippen LogP contribution in [0.5, 0.6) is 5.75 Å². The number of methoxy groups -OCH3 is 1. The maximum atomic E-state index is 12.8. The third-order valence-electron chi connectivity index (χ3n) is 4.73. The van der Waals surface area contributed by atoms with Crippen molar-refractivity contribution in [2.75, 3.05) is 11.8 Å². The number of benzene rings is 2. The van der Waals surface area contributed by atoms with Crippen LogP contribution in [0.3, 0.4) is 0 Å². The standard InChI is InChI=1S/C21H25N3O3S/c1-5-17-9-11-20(12-10-17)28(25,26)23-21-15(2)22-24(16(21)3)14-18-7-6-8-19(13-18)27-4/h6-13,23H,5,14H2,1-4H3. The molecular formula is C21H25N3O3S. The molecule has 0 saturated heterocycles. The molecule has 0 unspecified atom stereocenters. The first-order chi connectivity index (χ1) is 13.3. The van der Waals surface area contributed by atoms with Crippen molar-refractivity contribution in [2.24, 2.45) is 0 Å². The third-order valence-corrected chi connectivity index (χ3v) is 6.09. The highest BCUT2D eigenvalue weighted by atomic mass is 32.2. The highest BCUT2D eigenvalue weighted by Gasteiger charge is 2.20. The van der Waals surface area contributed by atoms with Gasteiger partial charge in [0.05, 0.1) is 35.6 Å². The summed E-state index contributed by atoms with van der Waals surface area (Å²) in [7, 11) is -2.05. The van der Waals surface area contributed by atoms with Gasteiger partial charge < -0.3 is 4.74 Å². The number of aromatic nitrogens is 2. The van der Waals surface area contributed by atoms with Crippen molar-refractivity contribution in [1.29, 1.82) is 0 Å². The molecule has 0 spiro atoms. The van der Waals surface area contributed by atoms with Gasteiger partial charge in [-0.15, -0.1) is 0 Å². The second kappa shape index (κ2) is 8.06. The average molecular weight is 400 g/mol. The number of ether oxygens (including phenoxy) is 1. The molecule has 6 nitrogen and oxygen atoms in total. The average Bonchev–Trinajstić information content (AvgIpc) is 2.95. The van der Waals surface area contributed by atoms with Crippen molar-refractivity contribution < 1.29 is 13.2 Å². The molecule has 0 saturated carbocycles. The zero-order valence-corrected chi connectivity index (χ0v) is 17.4. The van der Waals surface area contributed by atoms with E-state index in [4.69, 9.17) is 4.74 Å². The molecule has 1 N–H and O–H groups in total. The number of anilines is 1. The van der Waals surface area contributed by atoms with Crippen LogP contribution in [0.2, 0.25) is 0 Å². The number of hydrogen-bond donors (Lipinski definition) is 1. The molecule has 3 aromatic rings. The van der Waals surface area contributed by atoms with Crippen molar-refractivity contribution in [1.82, 2.24) is 9.78 Å². The van der Waals surface area contributed by atoms with Crippen LogP contribution in [0, 0.1) is 13.8 Å². The molecule has 0 bridgehead atoms. The lowest BCUT2D eigenvalue weighted by molar-refractivity contribution is 0.414. The van der Waals surface area contributed by atoms with E-state index in [9.17, 15) is 8.42 Å². The first-order valence-corrected chi connectivity index (χ1v) is 10.6. The van der Waals surface area contributed by atoms with Gasteiger partial charge in [-0.2, -0.15) is 5.10 Å². The highest BCUT2D eigenvalue weighted by Crippen LogP contribution is 2.25. The normalized spacial score (nSPS) is 11.4. The van der Waals surface area contributed by atoms with Crippen LogP contribution in [0.4, 0.5) is 5.69 Å². The van der Waals surface area contributed by atoms with Crippen LogP contribution in [-0.4, -0.2) is 25.3 Å². The summed E-state index contributed by atoms with van der Waals surface area (Å²) in [5.74, 6) is 0.774. The molecule has 2 aromatic carbocycles. The molecule has 148 valence electrons. The van der Waals surface area contributed by atoms with Gasteiger partial charge in [-0.3, -0.25) is 9.40 Å². The number of nitrogens with zero attached hydrogens (tertiary/aromatic N) is 2. The Morgan fingerprint density at radius 3 is 2.43 bits per heavy atom. The smallest absolute Gasteiger partial charge is 0.262 e. The molecule has 7 heteroatoms. The summed E-state index contributed by atoms with van der Waals surface area (Å²) < 4.78 is 35.3. The van der Waals surface area contributed by atoms with E-state index in [-0.39, 0.29) is 4.90 Å². The van der Waals surface area contributed by atoms with Crippen molar-refractivity contribution in [3.05, 3.63) is 71.0 Å². The summed E-state index contributed by atoms with van der Waals surface area (Å²) in [6.07, 6.45) is 0.864. The molecule has 28 heavy (non-hydrogen) atoms. The summed E-state index contributed by atoms with van der Waals surface area (Å²) in [5, 5.41) is 4.52. The Morgan fingerprint density at radius 2 is 1.79 bits per heavy atom. The number of nitrogens with one attached hydrogen (secondary N) is 1. The Bertz CT molecular complexity index is 1070. The van der Waals surface area contributed by atoms with Crippen molar-refractivity contribution >= 4 is 15.7 Å². The molecule has 3 rings (SSSR count). The van der Waals surface area contributed by atoms with Gasteiger partial charge in [0.2, 0.25) is 0 Å². The fourth-order valence-electron chi connectivity index (χ4n) is 3.04. The number of aryl methyl sites for hydroxylation is 2. The minimum atomic E-state index is -3.68. The molecule has 0 amide bonds. The predicted octanol–water partition coefficient (Wildman–Crippen LogP) is 3.92. The van der Waals surface area contributed by atoms with Gasteiger partial charge in [0, 0.05) is 0 Å². The molecule has 1 heterocycles. The van der Waals surface area contributed by atoms with E-state index in [2.05, 4.69) is 9.82 Å². The molecular weight excluding hydrogens is 374 g/mol. The van der Waals surface area contributed by atoms with E-state index in [0.29, 0.717) is 17.9 Å². The second-order valence-corrected chi connectivity index (χ2v) is 8.34. The molecule has 1 aromatic heterocycles. The Kier molecular flexibility index (Phi) is 5.74. The zero-order chi connectivity index (χ0) is 20.3. The van der Waals surface area contributed by atoms with Crippen LogP contribution in [-0.2, 0) is 23.0 Å². The lowest BCUT2D eigenvalue weighted by atomic mass is 10.2. The molecule has 0 aliphatic carbocycles. The number of sulfonamides is 1. The molecule has 0 aliphatic heterocycles. The van der Waals surface area contributed by atoms with Crippen LogP contribution >= 0.6 is 0 Å². The maximum Gasteiger partial charge on any atom is 0.262 e. The van der Waals surface area contributed by atoms with E-state index in [1.54, 1.807) is 30.8 Å². The highest BCUT2D eigenvalue weighted by molar-refractivity contribution is 7.92. The lowest BCUT2D eigenvalue weighted by Gasteiger charge is -2.10. The molecule has 0 fully saturated rings. The quantitative estimate of drug-likeness (QED) is 0.653. The second-order valence-electron chi connectivity index (χ2n) is 6.66. The minimum Gasteiger partial charge on any atom is -0.497 e. The van der Waals surface area contributed by atoms with Gasteiger partial charge in [0.1, 0.15) is 5.75 Å². The summed E-state index contributed by atoms with van der Waals surface area (Å²) in [5.41, 5.74) is 4.03. The van der Waals surface area contributed by atoms with Crippen LogP contribution in [0.25, 0.3) is 0 Å². The van der Waals surface area contributed by atoms with Gasteiger partial charge in [-0.25, -0.2) is 8.42 Å². The Morgan fingerprint density at radius 1 is 1.07 bits per heavy atom. The number of hydrogen-bond acceptors (Lipinski definition) is 4. The summed E-state index contributed by atoms with van der Waals surface area (Å²) in [4.78, 5) is 0.240. The molecule has 0 radical (unpaired) electrons. The van der Waals surface area contributed by atoms with Gasteiger partial charge in [0.15, 0.2) is 0 Å². The lowest BCUT2D eigenvalue weighted by Crippen LogP contribution is -2.14. The number of rotatable bonds is 7. The van der Waals surface area contributed by atoms with Gasteiger partial charge in [0.25, 0.3) is 10.0 Å². The fourth-order valence-corrected chi connectivity index (χ4v) is 4.22. The van der Waals surface area contributed by atoms with Crippen molar-refractivity contribution in [3.8, 4) is 5.75 Å². The summed E-state index contributed by atoms with van der Waals surface area (Å²) >= 11 is 0. The SMILES string of the molecule is CCc1ccc(S(=O)(=O)Nc2c(C)nn(Cc3cccc(OC)c3)c2C)cc1. The Labute approximate surface area is 166 Å². The van der Waals surface area contributed by atoms with Crippen molar-refractivity contribution in [3.63, 3.8) is 0 Å². The Hall–Kier alpha value is -2.80. The summed E-state index contributed by atoms with van der Waals surface area (Å²) in [6.45, 7) is 6.22. The predicted molar refractivity (Wildman–Crippen MR) is 110 cm³/mol. The first-order valence-electron chi connectivity index (χ1n) is 9.12.